The lowest BCUT2D eigenvalue weighted by Crippen LogP contribution is -2.38. The van der Waals surface area contributed by atoms with Crippen molar-refractivity contribution in [3.63, 3.8) is 0 Å². The zero-order chi connectivity index (χ0) is 14.7. The Balaban J connectivity index is 1.60. The molecule has 0 unspecified atom stereocenters. The van der Waals surface area contributed by atoms with E-state index >= 15 is 0 Å². The topological polar surface area (TPSA) is 73.5 Å². The quantitative estimate of drug-likeness (QED) is 0.725. The Morgan fingerprint density at radius 3 is 2.90 bits per heavy atom. The van der Waals surface area contributed by atoms with Crippen LogP contribution in [-0.4, -0.2) is 43.0 Å². The van der Waals surface area contributed by atoms with Crippen LogP contribution in [0, 0.1) is 0 Å². The summed E-state index contributed by atoms with van der Waals surface area (Å²) < 4.78 is 0. The molecular weight excluding hydrogens is 268 g/mol. The number of rotatable bonds is 4. The van der Waals surface area contributed by atoms with E-state index in [2.05, 4.69) is 28.1 Å². The van der Waals surface area contributed by atoms with Crippen molar-refractivity contribution in [1.82, 2.24) is 15.5 Å². The SMILES string of the molecule is O=C1CNC(=O)N1CCN[C@H]1CCCNc2ccccc21. The fourth-order valence-electron chi connectivity index (χ4n) is 2.89. The third kappa shape index (κ3) is 3.00. The molecule has 1 saturated heterocycles. The van der Waals surface area contributed by atoms with E-state index in [1.807, 2.05) is 12.1 Å². The number of nitrogens with one attached hydrogen (secondary N) is 3. The summed E-state index contributed by atoms with van der Waals surface area (Å²) in [5.41, 5.74) is 2.43. The zero-order valence-electron chi connectivity index (χ0n) is 11.9. The highest BCUT2D eigenvalue weighted by molar-refractivity contribution is 6.01. The van der Waals surface area contributed by atoms with E-state index in [1.165, 1.54) is 16.2 Å². The first kappa shape index (κ1) is 13.9. The molecule has 0 spiro atoms. The van der Waals surface area contributed by atoms with Crippen LogP contribution in [0.4, 0.5) is 10.5 Å². The molecule has 112 valence electrons. The van der Waals surface area contributed by atoms with E-state index in [0.29, 0.717) is 13.1 Å². The largest absolute Gasteiger partial charge is 0.385 e. The smallest absolute Gasteiger partial charge is 0.324 e. The number of hydrogen-bond donors (Lipinski definition) is 3. The van der Waals surface area contributed by atoms with Crippen LogP contribution in [0.1, 0.15) is 24.4 Å². The normalized spacial score (nSPS) is 21.5. The molecule has 2 aliphatic rings. The number of fused-ring (bicyclic) bond motifs is 1. The van der Waals surface area contributed by atoms with Crippen LogP contribution in [-0.2, 0) is 4.79 Å². The van der Waals surface area contributed by atoms with Crippen LogP contribution in [0.2, 0.25) is 0 Å². The Morgan fingerprint density at radius 2 is 2.10 bits per heavy atom. The number of benzene rings is 1. The minimum Gasteiger partial charge on any atom is -0.385 e. The van der Waals surface area contributed by atoms with E-state index in [0.717, 1.165) is 19.4 Å². The summed E-state index contributed by atoms with van der Waals surface area (Å²) in [4.78, 5) is 24.3. The fraction of sp³-hybridized carbons (Fsp3) is 0.467. The summed E-state index contributed by atoms with van der Waals surface area (Å²) in [5, 5.41) is 9.44. The lowest BCUT2D eigenvalue weighted by molar-refractivity contribution is -0.124. The molecule has 0 radical (unpaired) electrons. The lowest BCUT2D eigenvalue weighted by atomic mass is 10.0. The van der Waals surface area contributed by atoms with Gasteiger partial charge in [0.25, 0.3) is 0 Å². The molecule has 0 saturated carbocycles. The average molecular weight is 288 g/mol. The fourth-order valence-corrected chi connectivity index (χ4v) is 2.89. The first-order valence-electron chi connectivity index (χ1n) is 7.40. The van der Waals surface area contributed by atoms with Crippen molar-refractivity contribution in [3.05, 3.63) is 29.8 Å². The average Bonchev–Trinajstić information content (AvgIpc) is 2.72. The second-order valence-electron chi connectivity index (χ2n) is 5.37. The highest BCUT2D eigenvalue weighted by Crippen LogP contribution is 2.28. The molecule has 0 aliphatic carbocycles. The van der Waals surface area contributed by atoms with Crippen LogP contribution in [0.25, 0.3) is 0 Å². The minimum atomic E-state index is -0.287. The lowest BCUT2D eigenvalue weighted by Gasteiger charge is -2.20. The Bertz CT molecular complexity index is 530. The van der Waals surface area contributed by atoms with E-state index in [-0.39, 0.29) is 24.5 Å². The Morgan fingerprint density at radius 1 is 1.24 bits per heavy atom. The first-order valence-corrected chi connectivity index (χ1v) is 7.40. The van der Waals surface area contributed by atoms with Gasteiger partial charge in [-0.25, -0.2) is 4.79 Å². The second kappa shape index (κ2) is 6.13. The van der Waals surface area contributed by atoms with Crippen molar-refractivity contribution in [1.29, 1.82) is 0 Å². The summed E-state index contributed by atoms with van der Waals surface area (Å²) in [5.74, 6) is -0.148. The van der Waals surface area contributed by atoms with Crippen molar-refractivity contribution in [2.75, 3.05) is 31.5 Å². The number of imide groups is 1. The van der Waals surface area contributed by atoms with Gasteiger partial charge in [-0.2, -0.15) is 0 Å². The van der Waals surface area contributed by atoms with E-state index in [4.69, 9.17) is 0 Å². The molecule has 3 rings (SSSR count). The summed E-state index contributed by atoms with van der Waals surface area (Å²) in [6.45, 7) is 2.12. The molecule has 0 bridgehead atoms. The highest BCUT2D eigenvalue weighted by Gasteiger charge is 2.28. The highest BCUT2D eigenvalue weighted by atomic mass is 16.2. The Hall–Kier alpha value is -2.08. The number of nitrogens with zero attached hydrogens (tertiary/aromatic N) is 1. The molecule has 2 aliphatic heterocycles. The Labute approximate surface area is 123 Å². The van der Waals surface area contributed by atoms with Gasteiger partial charge in [0.2, 0.25) is 5.91 Å². The maximum absolute atomic E-state index is 11.5. The van der Waals surface area contributed by atoms with Crippen LogP contribution in [0.3, 0.4) is 0 Å². The number of anilines is 1. The molecule has 21 heavy (non-hydrogen) atoms. The van der Waals surface area contributed by atoms with Crippen molar-refractivity contribution >= 4 is 17.6 Å². The van der Waals surface area contributed by atoms with Crippen LogP contribution in [0.5, 0.6) is 0 Å². The summed E-state index contributed by atoms with van der Waals surface area (Å²) in [6, 6.07) is 8.26. The van der Waals surface area contributed by atoms with Gasteiger partial charge in [-0.3, -0.25) is 9.69 Å². The van der Waals surface area contributed by atoms with Gasteiger partial charge in [0.15, 0.2) is 0 Å². The van der Waals surface area contributed by atoms with Gasteiger partial charge in [-0.1, -0.05) is 18.2 Å². The Kier molecular flexibility index (Phi) is 4.06. The molecule has 6 heteroatoms. The molecule has 6 nitrogen and oxygen atoms in total. The molecule has 1 atom stereocenters. The van der Waals surface area contributed by atoms with Crippen molar-refractivity contribution in [3.8, 4) is 0 Å². The third-order valence-electron chi connectivity index (χ3n) is 3.98. The minimum absolute atomic E-state index is 0.120. The third-order valence-corrected chi connectivity index (χ3v) is 3.98. The van der Waals surface area contributed by atoms with E-state index < -0.39 is 0 Å². The monoisotopic (exact) mass is 288 g/mol. The molecular formula is C15H20N4O2. The number of urea groups is 1. The van der Waals surface area contributed by atoms with Crippen molar-refractivity contribution < 1.29 is 9.59 Å². The maximum Gasteiger partial charge on any atom is 0.324 e. The number of carbonyl (C=O) groups is 2. The number of carbonyl (C=O) groups excluding carboxylic acids is 2. The van der Waals surface area contributed by atoms with Gasteiger partial charge in [0.05, 0.1) is 6.54 Å². The van der Waals surface area contributed by atoms with E-state index in [1.54, 1.807) is 0 Å². The van der Waals surface area contributed by atoms with Crippen molar-refractivity contribution in [2.45, 2.75) is 18.9 Å². The standard InChI is InChI=1S/C15H20N4O2/c20-14-10-18-15(21)19(14)9-8-17-13-6-3-7-16-12-5-2-1-4-11(12)13/h1-2,4-5,13,16-17H,3,6-10H2,(H,18,21)/t13-/m0/s1. The molecule has 2 heterocycles. The summed E-state index contributed by atoms with van der Waals surface area (Å²) >= 11 is 0. The molecule has 0 aromatic heterocycles. The van der Waals surface area contributed by atoms with Gasteiger partial charge in [0, 0.05) is 31.4 Å². The van der Waals surface area contributed by atoms with Gasteiger partial charge in [-0.15, -0.1) is 0 Å². The van der Waals surface area contributed by atoms with Crippen LogP contribution >= 0.6 is 0 Å². The van der Waals surface area contributed by atoms with Gasteiger partial charge in [-0.05, 0) is 24.5 Å². The predicted molar refractivity (Wildman–Crippen MR) is 80.0 cm³/mol. The number of amides is 3. The van der Waals surface area contributed by atoms with Crippen molar-refractivity contribution in [2.24, 2.45) is 0 Å². The van der Waals surface area contributed by atoms with Crippen LogP contribution < -0.4 is 16.0 Å². The van der Waals surface area contributed by atoms with Gasteiger partial charge in [0.1, 0.15) is 0 Å². The molecule has 3 amide bonds. The summed E-state index contributed by atoms with van der Waals surface area (Å²) in [6.07, 6.45) is 2.14. The number of hydrogen-bond acceptors (Lipinski definition) is 4. The molecule has 1 aromatic rings. The maximum atomic E-state index is 11.5. The van der Waals surface area contributed by atoms with Gasteiger partial charge >= 0.3 is 6.03 Å². The van der Waals surface area contributed by atoms with Crippen LogP contribution in [0.15, 0.2) is 24.3 Å². The molecule has 1 fully saturated rings. The summed E-state index contributed by atoms with van der Waals surface area (Å²) in [7, 11) is 0. The molecule has 1 aromatic carbocycles. The van der Waals surface area contributed by atoms with Gasteiger partial charge < -0.3 is 16.0 Å². The zero-order valence-corrected chi connectivity index (χ0v) is 11.9. The second-order valence-corrected chi connectivity index (χ2v) is 5.37. The predicted octanol–water partition coefficient (Wildman–Crippen LogP) is 1.07. The molecule has 3 N–H and O–H groups in total. The van der Waals surface area contributed by atoms with E-state index in [9.17, 15) is 9.59 Å². The number of para-hydroxylation sites is 1. The first-order chi connectivity index (χ1) is 10.3.